The maximum Gasteiger partial charge on any atom is 0.328 e. The van der Waals surface area contributed by atoms with E-state index < -0.39 is 52.5 Å². The summed E-state index contributed by atoms with van der Waals surface area (Å²) in [5.74, 6) is -2.79. The van der Waals surface area contributed by atoms with Gasteiger partial charge in [0, 0.05) is 39.4 Å². The number of fused-ring (bicyclic) bond motifs is 2. The van der Waals surface area contributed by atoms with Crippen LogP contribution >= 0.6 is 11.3 Å². The van der Waals surface area contributed by atoms with Gasteiger partial charge in [-0.3, -0.25) is 14.3 Å². The number of thiophene rings is 1. The molecule has 2 heterocycles. The molecule has 1 saturated carbocycles. The van der Waals surface area contributed by atoms with Crippen LogP contribution in [-0.4, -0.2) is 33.7 Å². The first-order valence-corrected chi connectivity index (χ1v) is 12.1. The third-order valence-corrected chi connectivity index (χ3v) is 8.55. The predicted molar refractivity (Wildman–Crippen MR) is 120 cm³/mol. The standard InChI is InChI=1S/C23H26F3N3O3S/c1-9-16(15-7-12-11(13(27)8-30)3-2-4-14(12)33-15)19(24)17(21(25)26)18-20(9)29(10-5-6-10)23(32)28-22(18)31/h7,9-11,13,16,21,30H,2-6,8,27H2,1H3,(H,28,31,32). The van der Waals surface area contributed by atoms with Gasteiger partial charge in [0.1, 0.15) is 5.83 Å². The zero-order chi connectivity index (χ0) is 23.6. The third kappa shape index (κ3) is 3.54. The van der Waals surface area contributed by atoms with Crippen LogP contribution < -0.4 is 17.0 Å². The number of halogens is 3. The van der Waals surface area contributed by atoms with Crippen molar-refractivity contribution in [2.45, 2.75) is 75.3 Å². The molecule has 178 valence electrons. The van der Waals surface area contributed by atoms with E-state index in [4.69, 9.17) is 5.73 Å². The summed E-state index contributed by atoms with van der Waals surface area (Å²) in [6.07, 6.45) is 0.679. The van der Waals surface area contributed by atoms with Crippen molar-refractivity contribution in [3.63, 3.8) is 0 Å². The van der Waals surface area contributed by atoms with Crippen LogP contribution in [0.15, 0.2) is 21.5 Å². The second-order valence-electron chi connectivity index (χ2n) is 9.32. The summed E-state index contributed by atoms with van der Waals surface area (Å²) in [4.78, 5) is 29.0. The van der Waals surface area contributed by atoms with E-state index in [1.807, 2.05) is 6.07 Å². The van der Waals surface area contributed by atoms with Gasteiger partial charge in [-0.05, 0) is 43.7 Å². The Bertz CT molecular complexity index is 1240. The van der Waals surface area contributed by atoms with Gasteiger partial charge >= 0.3 is 5.69 Å². The first-order chi connectivity index (χ1) is 15.7. The summed E-state index contributed by atoms with van der Waals surface area (Å²) in [7, 11) is 0. The number of nitrogens with one attached hydrogen (secondary N) is 1. The van der Waals surface area contributed by atoms with Crippen molar-refractivity contribution in [1.82, 2.24) is 9.55 Å². The molecule has 0 aromatic carbocycles. The Morgan fingerprint density at radius 2 is 2.03 bits per heavy atom. The van der Waals surface area contributed by atoms with Crippen LogP contribution in [0.4, 0.5) is 13.2 Å². The minimum atomic E-state index is -3.20. The zero-order valence-electron chi connectivity index (χ0n) is 18.1. The van der Waals surface area contributed by atoms with Gasteiger partial charge in [-0.1, -0.05) is 6.92 Å². The minimum Gasteiger partial charge on any atom is -0.395 e. The lowest BCUT2D eigenvalue weighted by molar-refractivity contribution is 0.209. The second kappa shape index (κ2) is 8.25. The van der Waals surface area contributed by atoms with Crippen molar-refractivity contribution in [3.05, 3.63) is 59.3 Å². The van der Waals surface area contributed by atoms with Crippen LogP contribution in [0.5, 0.6) is 0 Å². The van der Waals surface area contributed by atoms with Gasteiger partial charge in [0.05, 0.1) is 23.7 Å². The molecule has 33 heavy (non-hydrogen) atoms. The Hall–Kier alpha value is -2.17. The highest BCUT2D eigenvalue weighted by Crippen LogP contribution is 2.53. The second-order valence-corrected chi connectivity index (χ2v) is 10.5. The smallest absolute Gasteiger partial charge is 0.328 e. The zero-order valence-corrected chi connectivity index (χ0v) is 18.9. The van der Waals surface area contributed by atoms with E-state index in [0.717, 1.165) is 29.7 Å². The van der Waals surface area contributed by atoms with Gasteiger partial charge in [0.25, 0.3) is 12.0 Å². The summed E-state index contributed by atoms with van der Waals surface area (Å²) in [5.41, 5.74) is 4.33. The van der Waals surface area contributed by atoms with Gasteiger partial charge in [0.2, 0.25) is 0 Å². The molecule has 0 radical (unpaired) electrons. The fraction of sp³-hybridized carbons (Fsp3) is 0.565. The molecule has 3 aliphatic rings. The number of allylic oxidation sites excluding steroid dienone is 2. The molecule has 0 aliphatic heterocycles. The van der Waals surface area contributed by atoms with Crippen molar-refractivity contribution in [2.24, 2.45) is 5.73 Å². The Morgan fingerprint density at radius 1 is 1.30 bits per heavy atom. The SMILES string of the molecule is CC1c2c(c(=O)[nH]c(=O)n2C2CC2)C(C(F)F)=C(F)C1c1cc2c(s1)CCCC2C(N)CO. The van der Waals surface area contributed by atoms with Crippen molar-refractivity contribution in [3.8, 4) is 0 Å². The van der Waals surface area contributed by atoms with Crippen molar-refractivity contribution in [1.29, 1.82) is 0 Å². The fourth-order valence-electron chi connectivity index (χ4n) is 5.55. The molecule has 6 nitrogen and oxygen atoms in total. The molecule has 0 amide bonds. The Morgan fingerprint density at radius 3 is 2.67 bits per heavy atom. The molecule has 0 bridgehead atoms. The Balaban J connectivity index is 1.71. The summed E-state index contributed by atoms with van der Waals surface area (Å²) in [6, 6.07) is 1.21. The topological polar surface area (TPSA) is 101 Å². The predicted octanol–water partition coefficient (Wildman–Crippen LogP) is 3.52. The van der Waals surface area contributed by atoms with Crippen LogP contribution in [0.3, 0.4) is 0 Å². The average molecular weight is 482 g/mol. The van der Waals surface area contributed by atoms with E-state index in [9.17, 15) is 23.5 Å². The average Bonchev–Trinajstić information content (AvgIpc) is 3.51. The van der Waals surface area contributed by atoms with Crippen LogP contribution in [0.2, 0.25) is 0 Å². The molecule has 5 rings (SSSR count). The maximum absolute atomic E-state index is 15.8. The summed E-state index contributed by atoms with van der Waals surface area (Å²) < 4.78 is 45.5. The van der Waals surface area contributed by atoms with Gasteiger partial charge in [0.15, 0.2) is 0 Å². The third-order valence-electron chi connectivity index (χ3n) is 7.26. The van der Waals surface area contributed by atoms with E-state index in [1.54, 1.807) is 6.92 Å². The first kappa shape index (κ1) is 22.6. The lowest BCUT2D eigenvalue weighted by atomic mass is 9.77. The molecular formula is C23H26F3N3O3S. The number of rotatable bonds is 5. The number of hydrogen-bond acceptors (Lipinski definition) is 5. The summed E-state index contributed by atoms with van der Waals surface area (Å²) >= 11 is 1.38. The highest BCUT2D eigenvalue weighted by molar-refractivity contribution is 7.12. The van der Waals surface area contributed by atoms with E-state index in [2.05, 4.69) is 4.98 Å². The van der Waals surface area contributed by atoms with Crippen molar-refractivity contribution < 1.29 is 18.3 Å². The lowest BCUT2D eigenvalue weighted by Gasteiger charge is -2.32. The van der Waals surface area contributed by atoms with E-state index in [-0.39, 0.29) is 24.3 Å². The number of alkyl halides is 2. The van der Waals surface area contributed by atoms with E-state index >= 15 is 4.39 Å². The van der Waals surface area contributed by atoms with E-state index in [1.165, 1.54) is 15.9 Å². The molecule has 1 fully saturated rings. The van der Waals surface area contributed by atoms with E-state index in [0.29, 0.717) is 17.7 Å². The Labute approximate surface area is 191 Å². The molecule has 4 N–H and O–H groups in total. The molecule has 0 saturated heterocycles. The highest BCUT2D eigenvalue weighted by Gasteiger charge is 2.44. The molecule has 10 heteroatoms. The largest absolute Gasteiger partial charge is 0.395 e. The number of aryl methyl sites for hydroxylation is 1. The molecular weight excluding hydrogens is 455 g/mol. The molecule has 3 aliphatic carbocycles. The first-order valence-electron chi connectivity index (χ1n) is 11.3. The minimum absolute atomic E-state index is 0.0796. The number of H-pyrrole nitrogens is 1. The Kier molecular flexibility index (Phi) is 5.65. The summed E-state index contributed by atoms with van der Waals surface area (Å²) in [6.45, 7) is 1.52. The molecule has 4 unspecified atom stereocenters. The highest BCUT2D eigenvalue weighted by atomic mass is 32.1. The maximum atomic E-state index is 15.8. The van der Waals surface area contributed by atoms with Gasteiger partial charge in [-0.25, -0.2) is 18.0 Å². The number of aliphatic hydroxyl groups excluding tert-OH is 1. The van der Waals surface area contributed by atoms with Gasteiger partial charge in [-0.2, -0.15) is 0 Å². The molecule has 4 atom stereocenters. The molecule has 2 aromatic rings. The number of hydrogen-bond donors (Lipinski definition) is 3. The lowest BCUT2D eigenvalue weighted by Crippen LogP contribution is -2.39. The quantitative estimate of drug-likeness (QED) is 0.608. The van der Waals surface area contributed by atoms with Crippen molar-refractivity contribution in [2.75, 3.05) is 6.61 Å². The van der Waals surface area contributed by atoms with Gasteiger partial charge < -0.3 is 10.8 Å². The van der Waals surface area contributed by atoms with Crippen LogP contribution in [0.25, 0.3) is 5.57 Å². The van der Waals surface area contributed by atoms with Crippen molar-refractivity contribution >= 4 is 16.9 Å². The fourth-order valence-corrected chi connectivity index (χ4v) is 7.03. The number of nitrogens with two attached hydrogens (primary N) is 1. The van der Waals surface area contributed by atoms with Crippen LogP contribution in [0, 0.1) is 0 Å². The molecule has 0 spiro atoms. The monoisotopic (exact) mass is 481 g/mol. The van der Waals surface area contributed by atoms with Crippen LogP contribution in [-0.2, 0) is 6.42 Å². The number of aromatic nitrogens is 2. The van der Waals surface area contributed by atoms with Crippen LogP contribution in [0.1, 0.15) is 83.0 Å². The number of aliphatic hydroxyl groups is 1. The van der Waals surface area contributed by atoms with Gasteiger partial charge in [-0.15, -0.1) is 11.3 Å². The normalized spacial score (nSPS) is 25.8. The number of aromatic amines is 1. The summed E-state index contributed by atoms with van der Waals surface area (Å²) in [5, 5.41) is 9.56. The molecule has 2 aromatic heterocycles. The number of nitrogens with zero attached hydrogens (tertiary/aromatic N) is 1.